The minimum Gasteiger partial charge on any atom is -0.349 e. The molecule has 2 amide bonds. The van der Waals surface area contributed by atoms with Crippen molar-refractivity contribution in [3.05, 3.63) is 73.7 Å². The van der Waals surface area contributed by atoms with Crippen LogP contribution in [0.2, 0.25) is 0 Å². The van der Waals surface area contributed by atoms with Gasteiger partial charge in [-0.05, 0) is 48.4 Å². The zero-order chi connectivity index (χ0) is 28.1. The number of nitrogens with one attached hydrogen (secondary N) is 2. The number of hydrogen-bond donors (Lipinski definition) is 2. The van der Waals surface area contributed by atoms with E-state index >= 15 is 0 Å². The highest BCUT2D eigenvalue weighted by atomic mass is 79.9. The molecule has 0 saturated heterocycles. The molecule has 0 heterocycles. The Bertz CT molecular complexity index is 1150. The van der Waals surface area contributed by atoms with Gasteiger partial charge in [-0.3, -0.25) is 9.59 Å². The van der Waals surface area contributed by atoms with Crippen molar-refractivity contribution in [3.8, 4) is 0 Å². The van der Waals surface area contributed by atoms with Crippen LogP contribution in [0.3, 0.4) is 0 Å². The lowest BCUT2D eigenvalue weighted by Crippen LogP contribution is -2.46. The van der Waals surface area contributed by atoms with Crippen LogP contribution in [-0.2, 0) is 11.0 Å². The van der Waals surface area contributed by atoms with Crippen molar-refractivity contribution in [1.82, 2.24) is 10.6 Å². The molecule has 14 heteroatoms. The summed E-state index contributed by atoms with van der Waals surface area (Å²) in [5, 5.41) is 3.80. The maximum absolute atomic E-state index is 13.7. The predicted molar refractivity (Wildman–Crippen MR) is 127 cm³/mol. The monoisotopic (exact) mass is 664 g/mol. The highest BCUT2D eigenvalue weighted by Crippen LogP contribution is 2.39. The molecule has 2 aromatic rings. The quantitative estimate of drug-likeness (QED) is 0.296. The van der Waals surface area contributed by atoms with Crippen LogP contribution in [-0.4, -0.2) is 37.0 Å². The molecule has 0 radical (unpaired) electrons. The van der Waals surface area contributed by atoms with E-state index < -0.39 is 60.2 Å². The molecule has 0 saturated carbocycles. The van der Waals surface area contributed by atoms with Crippen molar-refractivity contribution in [3.63, 3.8) is 0 Å². The summed E-state index contributed by atoms with van der Waals surface area (Å²) in [6, 6.07) is 4.78. The molecule has 0 aromatic heterocycles. The van der Waals surface area contributed by atoms with Crippen LogP contribution in [0.5, 0.6) is 0 Å². The van der Waals surface area contributed by atoms with Crippen LogP contribution >= 0.6 is 31.9 Å². The first-order chi connectivity index (χ1) is 17.0. The van der Waals surface area contributed by atoms with E-state index in [9.17, 15) is 44.7 Å². The van der Waals surface area contributed by atoms with Gasteiger partial charge in [-0.25, -0.2) is 8.78 Å². The molecule has 0 spiro atoms. The number of carbonyl (C=O) groups is 2. The molecule has 2 aromatic carbocycles. The normalized spacial score (nSPS) is 14.1. The molecule has 202 valence electrons. The lowest BCUT2D eigenvalue weighted by atomic mass is 9.96. The van der Waals surface area contributed by atoms with Crippen molar-refractivity contribution in [2.24, 2.45) is 0 Å². The second-order valence-electron chi connectivity index (χ2n) is 7.72. The van der Waals surface area contributed by atoms with Crippen molar-refractivity contribution < 1.29 is 44.7 Å². The minimum atomic E-state index is -5.07. The van der Waals surface area contributed by atoms with Crippen LogP contribution in [0.1, 0.15) is 39.9 Å². The van der Waals surface area contributed by atoms with E-state index in [1.165, 1.54) is 18.2 Å². The van der Waals surface area contributed by atoms with Crippen LogP contribution in [0.4, 0.5) is 35.1 Å². The fourth-order valence-electron chi connectivity index (χ4n) is 3.14. The number of hydrogen-bond acceptors (Lipinski definition) is 2. The average Bonchev–Trinajstić information content (AvgIpc) is 2.75. The molecule has 4 nitrogen and oxygen atoms in total. The lowest BCUT2D eigenvalue weighted by Gasteiger charge is -2.19. The number of carbonyl (C=O) groups excluding carboxylic acids is 2. The van der Waals surface area contributed by atoms with E-state index in [1.807, 2.05) is 10.6 Å². The maximum atomic E-state index is 13.7. The fourth-order valence-corrected chi connectivity index (χ4v) is 4.47. The molecule has 0 aliphatic rings. The summed E-state index contributed by atoms with van der Waals surface area (Å²) < 4.78 is 107. The summed E-state index contributed by atoms with van der Waals surface area (Å²) in [5.74, 6) is -4.51. The molecule has 2 atom stereocenters. The summed E-state index contributed by atoms with van der Waals surface area (Å²) >= 11 is 6.19. The zero-order valence-electron chi connectivity index (χ0n) is 18.7. The molecule has 0 aliphatic carbocycles. The van der Waals surface area contributed by atoms with Crippen molar-refractivity contribution >= 4 is 49.8 Å². The lowest BCUT2D eigenvalue weighted by molar-refractivity contribution is -0.139. The van der Waals surface area contributed by atoms with Gasteiger partial charge < -0.3 is 10.6 Å². The van der Waals surface area contributed by atoms with E-state index in [2.05, 4.69) is 31.9 Å². The molecule has 0 bridgehead atoms. The Hall–Kier alpha value is -2.48. The first kappa shape index (κ1) is 30.7. The van der Waals surface area contributed by atoms with Crippen LogP contribution in [0.25, 0.3) is 6.08 Å². The number of amides is 2. The number of halogens is 10. The molecule has 0 aliphatic heterocycles. The standard InChI is InChI=1S/C23H18Br2F8N2O2/c1-11(20(36)34-10-19(26)27)35-21(37)16-4-2-12(6-18(16)23(31,32)33)3-5-17(22(28,29)30)13-7-14(24)9-15(25)8-13/h2-9,11,17,19H,10H2,1H3,(H,34,36)(H,35,37)/b5-3+. The Balaban J connectivity index is 2.36. The van der Waals surface area contributed by atoms with Gasteiger partial charge in [0.1, 0.15) is 6.04 Å². The molecule has 2 unspecified atom stereocenters. The Morgan fingerprint density at radius 2 is 1.57 bits per heavy atom. The van der Waals surface area contributed by atoms with E-state index in [4.69, 9.17) is 0 Å². The first-order valence-corrected chi connectivity index (χ1v) is 11.9. The zero-order valence-corrected chi connectivity index (χ0v) is 21.8. The van der Waals surface area contributed by atoms with Crippen LogP contribution < -0.4 is 10.6 Å². The summed E-state index contributed by atoms with van der Waals surface area (Å²) in [5.41, 5.74) is -2.80. The van der Waals surface area contributed by atoms with Crippen molar-refractivity contribution in [1.29, 1.82) is 0 Å². The third-order valence-corrected chi connectivity index (χ3v) is 5.76. The number of allylic oxidation sites excluding steroid dienone is 1. The van der Waals surface area contributed by atoms with Crippen LogP contribution in [0.15, 0.2) is 51.4 Å². The van der Waals surface area contributed by atoms with Gasteiger partial charge in [0.05, 0.1) is 23.6 Å². The molecule has 37 heavy (non-hydrogen) atoms. The van der Waals surface area contributed by atoms with Gasteiger partial charge in [0.15, 0.2) is 0 Å². The Kier molecular flexibility index (Phi) is 10.3. The summed E-state index contributed by atoms with van der Waals surface area (Å²) in [7, 11) is 0. The Morgan fingerprint density at radius 1 is 0.973 bits per heavy atom. The van der Waals surface area contributed by atoms with Gasteiger partial charge in [0.25, 0.3) is 12.3 Å². The van der Waals surface area contributed by atoms with Crippen molar-refractivity contribution in [2.75, 3.05) is 6.54 Å². The molecule has 2 N–H and O–H groups in total. The molecular weight excluding hydrogens is 648 g/mol. The van der Waals surface area contributed by atoms with Gasteiger partial charge in [-0.1, -0.05) is 50.1 Å². The topological polar surface area (TPSA) is 58.2 Å². The average molecular weight is 666 g/mol. The number of benzene rings is 2. The Labute approximate surface area is 222 Å². The smallest absolute Gasteiger partial charge is 0.349 e. The highest BCUT2D eigenvalue weighted by molar-refractivity contribution is 9.11. The van der Waals surface area contributed by atoms with Crippen molar-refractivity contribution in [2.45, 2.75) is 37.7 Å². The third-order valence-electron chi connectivity index (χ3n) is 4.84. The van der Waals surface area contributed by atoms with E-state index in [0.717, 1.165) is 25.1 Å². The predicted octanol–water partition coefficient (Wildman–Crippen LogP) is 7.09. The van der Waals surface area contributed by atoms with Crippen LogP contribution in [0, 0.1) is 0 Å². The molecule has 0 fully saturated rings. The van der Waals surface area contributed by atoms with Gasteiger partial charge in [0.2, 0.25) is 5.91 Å². The van der Waals surface area contributed by atoms with Gasteiger partial charge >= 0.3 is 12.4 Å². The van der Waals surface area contributed by atoms with E-state index in [-0.39, 0.29) is 11.1 Å². The molecular formula is C23H18Br2F8N2O2. The summed E-state index contributed by atoms with van der Waals surface area (Å²) in [6.45, 7) is 0.0737. The van der Waals surface area contributed by atoms with E-state index in [1.54, 1.807) is 0 Å². The van der Waals surface area contributed by atoms with Gasteiger partial charge in [-0.2, -0.15) is 26.3 Å². The SMILES string of the molecule is CC(NC(=O)c1ccc(/C=C/C(c2cc(Br)cc(Br)c2)C(F)(F)F)cc1C(F)(F)F)C(=O)NCC(F)F. The highest BCUT2D eigenvalue weighted by Gasteiger charge is 2.39. The second-order valence-corrected chi connectivity index (χ2v) is 9.55. The summed E-state index contributed by atoms with van der Waals surface area (Å²) in [6.07, 6.45) is -11.2. The third kappa shape index (κ3) is 9.09. The summed E-state index contributed by atoms with van der Waals surface area (Å²) in [4.78, 5) is 24.2. The number of rotatable bonds is 8. The fraction of sp³-hybridized carbons (Fsp3) is 0.304. The Morgan fingerprint density at radius 3 is 2.08 bits per heavy atom. The largest absolute Gasteiger partial charge is 0.417 e. The maximum Gasteiger partial charge on any atom is 0.417 e. The number of alkyl halides is 8. The molecule has 2 rings (SSSR count). The second kappa shape index (κ2) is 12.4. The first-order valence-electron chi connectivity index (χ1n) is 10.3. The van der Waals surface area contributed by atoms with E-state index in [0.29, 0.717) is 21.1 Å². The minimum absolute atomic E-state index is 0.170. The van der Waals surface area contributed by atoms with Gasteiger partial charge in [0, 0.05) is 8.95 Å². The van der Waals surface area contributed by atoms with Gasteiger partial charge in [-0.15, -0.1) is 0 Å².